The predicted octanol–water partition coefficient (Wildman–Crippen LogP) is 5.28. The summed E-state index contributed by atoms with van der Waals surface area (Å²) in [5, 5.41) is 13.7. The van der Waals surface area contributed by atoms with Crippen LogP contribution in [0.3, 0.4) is 0 Å². The minimum absolute atomic E-state index is 0.0745. The van der Waals surface area contributed by atoms with Gasteiger partial charge in [0.1, 0.15) is 5.82 Å². The summed E-state index contributed by atoms with van der Waals surface area (Å²) in [6, 6.07) is 21.2. The van der Waals surface area contributed by atoms with Crippen molar-refractivity contribution in [2.24, 2.45) is 5.10 Å². The maximum absolute atomic E-state index is 13.2. The molecule has 0 bridgehead atoms. The Bertz CT molecular complexity index is 1290. The van der Waals surface area contributed by atoms with Crippen LogP contribution >= 0.6 is 23.4 Å². The number of halogens is 2. The number of hydrazone groups is 1. The molecule has 9 heteroatoms. The molecule has 33 heavy (non-hydrogen) atoms. The Morgan fingerprint density at radius 1 is 1.12 bits per heavy atom. The van der Waals surface area contributed by atoms with Gasteiger partial charge in [0.25, 0.3) is 5.91 Å². The molecule has 0 unspecified atom stereocenters. The average Bonchev–Trinajstić information content (AvgIpc) is 3.23. The number of nitrogens with one attached hydrogen (secondary N) is 1. The standard InChI is InChI=1S/C24H19ClFN5OS/c1-16-5-11-21(12-6-16)31-23(18-7-9-19(25)10-8-18)29-30-24(31)33-15-22(32)28-27-14-17-3-2-4-20(26)13-17/h2-14H,15H2,1H3,(H,28,32). The Labute approximate surface area is 199 Å². The van der Waals surface area contributed by atoms with E-state index in [9.17, 15) is 9.18 Å². The van der Waals surface area contributed by atoms with Crippen molar-refractivity contribution >= 4 is 35.5 Å². The van der Waals surface area contributed by atoms with Crippen LogP contribution in [0.25, 0.3) is 17.1 Å². The predicted molar refractivity (Wildman–Crippen MR) is 129 cm³/mol. The van der Waals surface area contributed by atoms with Gasteiger partial charge < -0.3 is 0 Å². The van der Waals surface area contributed by atoms with Gasteiger partial charge in [-0.2, -0.15) is 5.10 Å². The Morgan fingerprint density at radius 3 is 2.61 bits per heavy atom. The Kier molecular flexibility index (Phi) is 7.16. The van der Waals surface area contributed by atoms with E-state index in [2.05, 4.69) is 20.7 Å². The third-order valence-electron chi connectivity index (χ3n) is 4.61. The lowest BCUT2D eigenvalue weighted by Gasteiger charge is -2.10. The second kappa shape index (κ2) is 10.4. The van der Waals surface area contributed by atoms with E-state index in [1.807, 2.05) is 47.9 Å². The fraction of sp³-hybridized carbons (Fsp3) is 0.0833. The van der Waals surface area contributed by atoms with Gasteiger partial charge in [0.2, 0.25) is 0 Å². The molecule has 0 aliphatic carbocycles. The molecule has 0 fully saturated rings. The van der Waals surface area contributed by atoms with E-state index < -0.39 is 0 Å². The highest BCUT2D eigenvalue weighted by molar-refractivity contribution is 7.99. The van der Waals surface area contributed by atoms with E-state index in [0.29, 0.717) is 21.6 Å². The van der Waals surface area contributed by atoms with E-state index in [-0.39, 0.29) is 17.5 Å². The lowest BCUT2D eigenvalue weighted by Crippen LogP contribution is -2.20. The van der Waals surface area contributed by atoms with Crippen LogP contribution in [0.2, 0.25) is 5.02 Å². The molecule has 1 heterocycles. The van der Waals surface area contributed by atoms with Crippen molar-refractivity contribution in [3.63, 3.8) is 0 Å². The lowest BCUT2D eigenvalue weighted by atomic mass is 10.2. The first-order valence-electron chi connectivity index (χ1n) is 9.98. The number of amides is 1. The summed E-state index contributed by atoms with van der Waals surface area (Å²) in [5.74, 6) is 0.0277. The maximum Gasteiger partial charge on any atom is 0.250 e. The molecule has 6 nitrogen and oxygen atoms in total. The topological polar surface area (TPSA) is 72.2 Å². The normalized spacial score (nSPS) is 11.1. The van der Waals surface area contributed by atoms with Crippen molar-refractivity contribution in [3.8, 4) is 17.1 Å². The fourth-order valence-electron chi connectivity index (χ4n) is 3.00. The number of aryl methyl sites for hydroxylation is 1. The molecule has 4 rings (SSSR count). The van der Waals surface area contributed by atoms with E-state index in [0.717, 1.165) is 16.8 Å². The summed E-state index contributed by atoms with van der Waals surface area (Å²) in [6.45, 7) is 2.01. The SMILES string of the molecule is Cc1ccc(-n2c(SCC(=O)NN=Cc3cccc(F)c3)nnc2-c2ccc(Cl)cc2)cc1. The molecule has 0 atom stereocenters. The Morgan fingerprint density at radius 2 is 1.88 bits per heavy atom. The molecular weight excluding hydrogens is 461 g/mol. The zero-order chi connectivity index (χ0) is 23.2. The van der Waals surface area contributed by atoms with Crippen molar-refractivity contribution in [2.45, 2.75) is 12.1 Å². The van der Waals surface area contributed by atoms with Crippen molar-refractivity contribution in [1.29, 1.82) is 0 Å². The van der Waals surface area contributed by atoms with Crippen molar-refractivity contribution < 1.29 is 9.18 Å². The molecule has 0 radical (unpaired) electrons. The van der Waals surface area contributed by atoms with Crippen LogP contribution < -0.4 is 5.43 Å². The largest absolute Gasteiger partial charge is 0.272 e. The van der Waals surface area contributed by atoms with Gasteiger partial charge in [0, 0.05) is 16.3 Å². The molecule has 0 saturated carbocycles. The fourth-order valence-corrected chi connectivity index (χ4v) is 3.87. The summed E-state index contributed by atoms with van der Waals surface area (Å²) < 4.78 is 15.1. The van der Waals surface area contributed by atoms with Crippen LogP contribution in [0.4, 0.5) is 4.39 Å². The molecule has 0 aliphatic rings. The van der Waals surface area contributed by atoms with Crippen LogP contribution in [0.1, 0.15) is 11.1 Å². The van der Waals surface area contributed by atoms with E-state index >= 15 is 0 Å². The molecule has 1 N–H and O–H groups in total. The molecule has 1 amide bonds. The third-order valence-corrected chi connectivity index (χ3v) is 5.79. The number of aromatic nitrogens is 3. The molecule has 4 aromatic rings. The summed E-state index contributed by atoms with van der Waals surface area (Å²) in [4.78, 5) is 12.3. The molecular formula is C24H19ClFN5OS. The highest BCUT2D eigenvalue weighted by Gasteiger charge is 2.17. The van der Waals surface area contributed by atoms with Crippen molar-refractivity contribution in [1.82, 2.24) is 20.2 Å². The lowest BCUT2D eigenvalue weighted by molar-refractivity contribution is -0.118. The first kappa shape index (κ1) is 22.7. The monoisotopic (exact) mass is 479 g/mol. The van der Waals surface area contributed by atoms with Crippen LogP contribution in [-0.4, -0.2) is 32.6 Å². The van der Waals surface area contributed by atoms with Crippen LogP contribution in [0.5, 0.6) is 0 Å². The number of benzene rings is 3. The van der Waals surface area contributed by atoms with Gasteiger partial charge in [-0.05, 0) is 61.0 Å². The summed E-state index contributed by atoms with van der Waals surface area (Å²) in [7, 11) is 0. The summed E-state index contributed by atoms with van der Waals surface area (Å²) in [5.41, 5.74) is 5.86. The molecule has 0 saturated heterocycles. The highest BCUT2D eigenvalue weighted by Crippen LogP contribution is 2.28. The number of nitrogens with zero attached hydrogens (tertiary/aromatic N) is 4. The van der Waals surface area contributed by atoms with Gasteiger partial charge in [0.15, 0.2) is 11.0 Å². The van der Waals surface area contributed by atoms with Gasteiger partial charge >= 0.3 is 0 Å². The van der Waals surface area contributed by atoms with Crippen LogP contribution in [-0.2, 0) is 4.79 Å². The number of thioether (sulfide) groups is 1. The summed E-state index contributed by atoms with van der Waals surface area (Å²) >= 11 is 7.27. The Balaban J connectivity index is 1.51. The number of hydrogen-bond donors (Lipinski definition) is 1. The average molecular weight is 480 g/mol. The van der Waals surface area contributed by atoms with E-state index in [1.165, 1.54) is 30.1 Å². The van der Waals surface area contributed by atoms with Gasteiger partial charge in [-0.3, -0.25) is 9.36 Å². The third kappa shape index (κ3) is 5.85. The zero-order valence-corrected chi connectivity index (χ0v) is 19.1. The van der Waals surface area contributed by atoms with Crippen molar-refractivity contribution in [2.75, 3.05) is 5.75 Å². The molecule has 3 aromatic carbocycles. The number of hydrogen-bond acceptors (Lipinski definition) is 5. The first-order chi connectivity index (χ1) is 16.0. The molecule has 0 spiro atoms. The van der Waals surface area contributed by atoms with Crippen molar-refractivity contribution in [3.05, 3.63) is 94.8 Å². The van der Waals surface area contributed by atoms with Gasteiger partial charge in [-0.1, -0.05) is 53.2 Å². The van der Waals surface area contributed by atoms with Crippen LogP contribution in [0, 0.1) is 12.7 Å². The van der Waals surface area contributed by atoms with Gasteiger partial charge in [0.05, 0.1) is 12.0 Å². The summed E-state index contributed by atoms with van der Waals surface area (Å²) in [6.07, 6.45) is 1.39. The molecule has 1 aromatic heterocycles. The molecule has 0 aliphatic heterocycles. The van der Waals surface area contributed by atoms with E-state index in [4.69, 9.17) is 11.6 Å². The minimum atomic E-state index is -0.368. The van der Waals surface area contributed by atoms with Gasteiger partial charge in [-0.15, -0.1) is 10.2 Å². The zero-order valence-electron chi connectivity index (χ0n) is 17.6. The smallest absolute Gasteiger partial charge is 0.250 e. The van der Waals surface area contributed by atoms with E-state index in [1.54, 1.807) is 24.3 Å². The highest BCUT2D eigenvalue weighted by atomic mass is 35.5. The first-order valence-corrected chi connectivity index (χ1v) is 11.3. The quantitative estimate of drug-likeness (QED) is 0.222. The number of carbonyl (C=O) groups is 1. The van der Waals surface area contributed by atoms with Crippen LogP contribution in [0.15, 0.2) is 83.1 Å². The second-order valence-electron chi connectivity index (χ2n) is 7.12. The Hall–Kier alpha value is -3.49. The second-order valence-corrected chi connectivity index (χ2v) is 8.50. The van der Waals surface area contributed by atoms with Gasteiger partial charge in [-0.25, -0.2) is 9.82 Å². The number of carbonyl (C=O) groups excluding carboxylic acids is 1. The number of rotatable bonds is 7. The molecule has 166 valence electrons. The maximum atomic E-state index is 13.2. The minimum Gasteiger partial charge on any atom is -0.272 e.